The molecule has 2 aromatic carbocycles. The summed E-state index contributed by atoms with van der Waals surface area (Å²) in [5.41, 5.74) is 3.02. The lowest BCUT2D eigenvalue weighted by Gasteiger charge is -2.08. The normalized spacial score (nSPS) is 10.3. The van der Waals surface area contributed by atoms with Crippen LogP contribution >= 0.6 is 22.6 Å². The maximum Gasteiger partial charge on any atom is 0.224 e. The van der Waals surface area contributed by atoms with Crippen LogP contribution in [0.3, 0.4) is 0 Å². The van der Waals surface area contributed by atoms with E-state index in [0.29, 0.717) is 22.1 Å². The summed E-state index contributed by atoms with van der Waals surface area (Å²) in [6.07, 6.45) is 1.12. The SMILES string of the molecule is Cc1ccccc1CCC(=O)Nc1ccc(F)cc1I. The van der Waals surface area contributed by atoms with E-state index in [1.165, 1.54) is 23.3 Å². The molecule has 4 heteroatoms. The molecule has 0 heterocycles. The van der Waals surface area contributed by atoms with E-state index in [2.05, 4.69) is 5.32 Å². The number of benzene rings is 2. The van der Waals surface area contributed by atoms with Gasteiger partial charge in [0.25, 0.3) is 0 Å². The molecule has 1 N–H and O–H groups in total. The number of anilines is 1. The van der Waals surface area contributed by atoms with E-state index in [1.807, 2.05) is 53.8 Å². The number of amides is 1. The fourth-order valence-electron chi connectivity index (χ4n) is 1.94. The minimum atomic E-state index is -0.299. The molecule has 104 valence electrons. The molecule has 20 heavy (non-hydrogen) atoms. The van der Waals surface area contributed by atoms with E-state index in [9.17, 15) is 9.18 Å². The third kappa shape index (κ3) is 4.03. The van der Waals surface area contributed by atoms with Gasteiger partial charge in [-0.15, -0.1) is 0 Å². The minimum absolute atomic E-state index is 0.0576. The number of aryl methyl sites for hydroxylation is 2. The second-order valence-electron chi connectivity index (χ2n) is 4.60. The largest absolute Gasteiger partial charge is 0.325 e. The third-order valence-electron chi connectivity index (χ3n) is 3.09. The van der Waals surface area contributed by atoms with Gasteiger partial charge in [0.2, 0.25) is 5.91 Å². The molecule has 0 atom stereocenters. The van der Waals surface area contributed by atoms with Crippen LogP contribution in [0.4, 0.5) is 10.1 Å². The van der Waals surface area contributed by atoms with Crippen molar-refractivity contribution in [2.75, 3.05) is 5.32 Å². The molecule has 0 saturated carbocycles. The van der Waals surface area contributed by atoms with E-state index in [-0.39, 0.29) is 11.7 Å². The highest BCUT2D eigenvalue weighted by molar-refractivity contribution is 14.1. The quantitative estimate of drug-likeness (QED) is 0.784. The molecular weight excluding hydrogens is 368 g/mol. The molecule has 0 aliphatic heterocycles. The summed E-state index contributed by atoms with van der Waals surface area (Å²) in [4.78, 5) is 11.9. The van der Waals surface area contributed by atoms with Crippen LogP contribution in [0.5, 0.6) is 0 Å². The number of hydrogen-bond acceptors (Lipinski definition) is 1. The minimum Gasteiger partial charge on any atom is -0.325 e. The van der Waals surface area contributed by atoms with Crippen LogP contribution < -0.4 is 5.32 Å². The smallest absolute Gasteiger partial charge is 0.224 e. The van der Waals surface area contributed by atoms with E-state index in [4.69, 9.17) is 0 Å². The van der Waals surface area contributed by atoms with Gasteiger partial charge < -0.3 is 5.32 Å². The van der Waals surface area contributed by atoms with Crippen molar-refractivity contribution in [1.82, 2.24) is 0 Å². The maximum atomic E-state index is 13.0. The second-order valence-corrected chi connectivity index (χ2v) is 5.76. The zero-order chi connectivity index (χ0) is 14.5. The second kappa shape index (κ2) is 6.83. The topological polar surface area (TPSA) is 29.1 Å². The average molecular weight is 383 g/mol. The highest BCUT2D eigenvalue weighted by atomic mass is 127. The Kier molecular flexibility index (Phi) is 5.11. The van der Waals surface area contributed by atoms with Gasteiger partial charge in [-0.25, -0.2) is 4.39 Å². The summed E-state index contributed by atoms with van der Waals surface area (Å²) in [5.74, 6) is -0.356. The number of hydrogen-bond donors (Lipinski definition) is 1. The predicted octanol–water partition coefficient (Wildman–Crippen LogP) is 4.31. The van der Waals surface area contributed by atoms with Crippen LogP contribution in [0.15, 0.2) is 42.5 Å². The van der Waals surface area contributed by atoms with Crippen molar-refractivity contribution in [3.63, 3.8) is 0 Å². The summed E-state index contributed by atoms with van der Waals surface area (Å²) in [6.45, 7) is 2.04. The van der Waals surface area contributed by atoms with Gasteiger partial charge in [0, 0.05) is 9.99 Å². The van der Waals surface area contributed by atoms with Crippen molar-refractivity contribution in [3.8, 4) is 0 Å². The van der Waals surface area contributed by atoms with E-state index < -0.39 is 0 Å². The number of rotatable bonds is 4. The first-order valence-corrected chi connectivity index (χ1v) is 7.43. The molecular formula is C16H15FINO. The van der Waals surface area contributed by atoms with Gasteiger partial charge in [-0.1, -0.05) is 24.3 Å². The van der Waals surface area contributed by atoms with Gasteiger partial charge in [0.05, 0.1) is 5.69 Å². The van der Waals surface area contributed by atoms with Gasteiger partial charge >= 0.3 is 0 Å². The molecule has 0 bridgehead atoms. The van der Waals surface area contributed by atoms with E-state index in [0.717, 1.165) is 0 Å². The molecule has 0 aromatic heterocycles. The molecule has 1 amide bonds. The third-order valence-corrected chi connectivity index (χ3v) is 3.98. The molecule has 0 aliphatic carbocycles. The van der Waals surface area contributed by atoms with Crippen molar-refractivity contribution in [2.45, 2.75) is 19.8 Å². The monoisotopic (exact) mass is 383 g/mol. The summed E-state index contributed by atoms with van der Waals surface area (Å²) < 4.78 is 13.7. The highest BCUT2D eigenvalue weighted by Crippen LogP contribution is 2.19. The van der Waals surface area contributed by atoms with Gasteiger partial charge in [0.1, 0.15) is 5.82 Å². The number of nitrogens with one attached hydrogen (secondary N) is 1. The molecule has 2 rings (SSSR count). The summed E-state index contributed by atoms with van der Waals surface area (Å²) in [6, 6.07) is 12.4. The standard InChI is InChI=1S/C16H15FINO/c1-11-4-2-3-5-12(11)6-9-16(20)19-15-8-7-13(17)10-14(15)18/h2-5,7-8,10H,6,9H2,1H3,(H,19,20). The summed E-state index contributed by atoms with van der Waals surface area (Å²) in [5, 5.41) is 2.81. The Morgan fingerprint density at radius 1 is 1.25 bits per heavy atom. The molecule has 0 unspecified atom stereocenters. The summed E-state index contributed by atoms with van der Waals surface area (Å²) in [7, 11) is 0. The number of halogens is 2. The van der Waals surface area contributed by atoms with Crippen LogP contribution in [0.25, 0.3) is 0 Å². The summed E-state index contributed by atoms with van der Waals surface area (Å²) >= 11 is 2.01. The lowest BCUT2D eigenvalue weighted by Crippen LogP contribution is -2.13. The zero-order valence-corrected chi connectivity index (χ0v) is 13.3. The highest BCUT2D eigenvalue weighted by Gasteiger charge is 2.07. The Labute approximate surface area is 131 Å². The molecule has 0 fully saturated rings. The van der Waals surface area contributed by atoms with Crippen LogP contribution in [-0.4, -0.2) is 5.91 Å². The first-order chi connectivity index (χ1) is 9.56. The maximum absolute atomic E-state index is 13.0. The predicted molar refractivity (Wildman–Crippen MR) is 87.2 cm³/mol. The molecule has 0 spiro atoms. The Morgan fingerprint density at radius 3 is 2.70 bits per heavy atom. The number of carbonyl (C=O) groups excluding carboxylic acids is 1. The average Bonchev–Trinajstić information content (AvgIpc) is 2.41. The Balaban J connectivity index is 1.94. The van der Waals surface area contributed by atoms with Crippen molar-refractivity contribution in [1.29, 1.82) is 0 Å². The molecule has 0 radical (unpaired) electrons. The lowest BCUT2D eigenvalue weighted by atomic mass is 10.0. The Hall–Kier alpha value is -1.43. The molecule has 0 aliphatic rings. The van der Waals surface area contributed by atoms with Gasteiger partial charge in [-0.05, 0) is 65.3 Å². The first-order valence-electron chi connectivity index (χ1n) is 6.35. The van der Waals surface area contributed by atoms with Crippen molar-refractivity contribution in [2.24, 2.45) is 0 Å². The van der Waals surface area contributed by atoms with Gasteiger partial charge in [-0.3, -0.25) is 4.79 Å². The fraction of sp³-hybridized carbons (Fsp3) is 0.188. The van der Waals surface area contributed by atoms with Crippen molar-refractivity contribution in [3.05, 3.63) is 63.0 Å². The lowest BCUT2D eigenvalue weighted by molar-refractivity contribution is -0.116. The molecule has 2 aromatic rings. The fourth-order valence-corrected chi connectivity index (χ4v) is 2.55. The molecule has 2 nitrogen and oxygen atoms in total. The van der Waals surface area contributed by atoms with Crippen LogP contribution in [0.1, 0.15) is 17.5 Å². The van der Waals surface area contributed by atoms with Crippen molar-refractivity contribution >= 4 is 34.2 Å². The Morgan fingerprint density at radius 2 is 2.00 bits per heavy atom. The first kappa shape index (κ1) is 15.0. The zero-order valence-electron chi connectivity index (χ0n) is 11.1. The van der Waals surface area contributed by atoms with Crippen LogP contribution in [-0.2, 0) is 11.2 Å². The van der Waals surface area contributed by atoms with Crippen LogP contribution in [0, 0.1) is 16.3 Å². The van der Waals surface area contributed by atoms with Crippen LogP contribution in [0.2, 0.25) is 0 Å². The number of carbonyl (C=O) groups is 1. The van der Waals surface area contributed by atoms with E-state index in [1.54, 1.807) is 6.07 Å². The Bertz CT molecular complexity index is 628. The van der Waals surface area contributed by atoms with Crippen molar-refractivity contribution < 1.29 is 9.18 Å². The van der Waals surface area contributed by atoms with Gasteiger partial charge in [-0.2, -0.15) is 0 Å². The van der Waals surface area contributed by atoms with E-state index >= 15 is 0 Å². The van der Waals surface area contributed by atoms with Gasteiger partial charge in [0.15, 0.2) is 0 Å². The molecule has 0 saturated heterocycles.